The normalized spacial score (nSPS) is 28.9. The van der Waals surface area contributed by atoms with E-state index in [0.29, 0.717) is 5.92 Å². The van der Waals surface area contributed by atoms with E-state index in [2.05, 4.69) is 13.0 Å². The molecule has 0 spiro atoms. The molecule has 1 fully saturated rings. The number of Topliss-reactive ketones (excluding diaryl/α,β-unsaturated/α-hetero) is 1. The number of carbonyl (C=O) groups is 1. The Balaban J connectivity index is 2.40. The number of aliphatic hydroxyl groups excluding tert-OH is 1. The van der Waals surface area contributed by atoms with Crippen LogP contribution in [0.25, 0.3) is 0 Å². The second-order valence-electron chi connectivity index (χ2n) is 3.71. The van der Waals surface area contributed by atoms with Crippen molar-refractivity contribution in [3.8, 4) is 0 Å². The highest BCUT2D eigenvalue weighted by Gasteiger charge is 2.23. The van der Waals surface area contributed by atoms with Gasteiger partial charge in [0.1, 0.15) is 0 Å². The Morgan fingerprint density at radius 3 is 2.54 bits per heavy atom. The van der Waals surface area contributed by atoms with Crippen molar-refractivity contribution < 1.29 is 9.90 Å². The minimum atomic E-state index is -0.286. The third-order valence-corrected chi connectivity index (χ3v) is 2.66. The molecular formula is C11H16O2. The maximum absolute atomic E-state index is 10.6. The fourth-order valence-electron chi connectivity index (χ4n) is 1.39. The summed E-state index contributed by atoms with van der Waals surface area (Å²) in [6.45, 7) is 3.57. The van der Waals surface area contributed by atoms with E-state index < -0.39 is 0 Å². The minimum absolute atomic E-state index is 0.164. The van der Waals surface area contributed by atoms with Crippen molar-refractivity contribution >= 4 is 5.78 Å². The first kappa shape index (κ1) is 10.0. The van der Waals surface area contributed by atoms with Gasteiger partial charge in [0, 0.05) is 6.92 Å². The summed E-state index contributed by atoms with van der Waals surface area (Å²) < 4.78 is 0. The molecule has 0 saturated heterocycles. The summed E-state index contributed by atoms with van der Waals surface area (Å²) in [4.78, 5) is 10.6. The highest BCUT2D eigenvalue weighted by atomic mass is 16.3. The van der Waals surface area contributed by atoms with Crippen LogP contribution in [0.15, 0.2) is 24.0 Å². The summed E-state index contributed by atoms with van der Waals surface area (Å²) >= 11 is 0. The van der Waals surface area contributed by atoms with Crippen LogP contribution in [0.2, 0.25) is 0 Å². The Labute approximate surface area is 79.0 Å². The van der Waals surface area contributed by atoms with Crippen molar-refractivity contribution in [1.29, 1.82) is 0 Å². The molecule has 2 nitrogen and oxygen atoms in total. The molecule has 1 rings (SSSR count). The van der Waals surface area contributed by atoms with Crippen LogP contribution in [0.4, 0.5) is 0 Å². The molecule has 13 heavy (non-hydrogen) atoms. The number of carbonyl (C=O) groups excluding carboxylic acids is 1. The van der Waals surface area contributed by atoms with E-state index in [1.165, 1.54) is 25.8 Å². The molecular weight excluding hydrogens is 164 g/mol. The topological polar surface area (TPSA) is 37.3 Å². The number of rotatable bonds is 3. The first-order valence-electron chi connectivity index (χ1n) is 4.69. The van der Waals surface area contributed by atoms with E-state index in [1.807, 2.05) is 0 Å². The third kappa shape index (κ3) is 2.72. The predicted octanol–water partition coefficient (Wildman–Crippen LogP) is 2.62. The standard InChI is InChI=1S/C11H16O2/c1-8-6-7-10(8)4-3-5-11(13)9(2)12/h3-5,8,10,13H,6-7H2,1-2H3/b4-3-,11-5+/t8?,10-/m1/s1. The summed E-state index contributed by atoms with van der Waals surface area (Å²) in [5.74, 6) is 0.940. The molecule has 0 aromatic carbocycles. The summed E-state index contributed by atoms with van der Waals surface area (Å²) in [6.07, 6.45) is 7.82. The summed E-state index contributed by atoms with van der Waals surface area (Å²) in [5, 5.41) is 9.06. The first-order valence-corrected chi connectivity index (χ1v) is 4.69. The molecule has 1 unspecified atom stereocenters. The van der Waals surface area contributed by atoms with Crippen LogP contribution >= 0.6 is 0 Å². The Morgan fingerprint density at radius 2 is 2.15 bits per heavy atom. The zero-order valence-electron chi connectivity index (χ0n) is 8.16. The van der Waals surface area contributed by atoms with Gasteiger partial charge in [-0.05, 0) is 30.8 Å². The molecule has 2 atom stereocenters. The van der Waals surface area contributed by atoms with E-state index >= 15 is 0 Å². The van der Waals surface area contributed by atoms with Crippen LogP contribution in [0, 0.1) is 11.8 Å². The van der Waals surface area contributed by atoms with Gasteiger partial charge in [0.05, 0.1) is 0 Å². The Hall–Kier alpha value is -1.05. The van der Waals surface area contributed by atoms with Crippen LogP contribution in [0.1, 0.15) is 26.7 Å². The van der Waals surface area contributed by atoms with Crippen LogP contribution < -0.4 is 0 Å². The second kappa shape index (κ2) is 4.26. The van der Waals surface area contributed by atoms with Gasteiger partial charge in [0.15, 0.2) is 11.5 Å². The maximum Gasteiger partial charge on any atom is 0.194 e. The van der Waals surface area contributed by atoms with E-state index in [4.69, 9.17) is 5.11 Å². The smallest absolute Gasteiger partial charge is 0.194 e. The summed E-state index contributed by atoms with van der Waals surface area (Å²) in [7, 11) is 0. The zero-order chi connectivity index (χ0) is 9.84. The number of hydrogen-bond donors (Lipinski definition) is 1. The summed E-state index contributed by atoms with van der Waals surface area (Å²) in [6, 6.07) is 0. The second-order valence-corrected chi connectivity index (χ2v) is 3.71. The van der Waals surface area contributed by atoms with Gasteiger partial charge in [0.25, 0.3) is 0 Å². The molecule has 0 aliphatic heterocycles. The minimum Gasteiger partial charge on any atom is -0.504 e. The van der Waals surface area contributed by atoms with Gasteiger partial charge >= 0.3 is 0 Å². The van der Waals surface area contributed by atoms with Gasteiger partial charge in [-0.15, -0.1) is 0 Å². The molecule has 0 amide bonds. The molecule has 0 aromatic rings. The fraction of sp³-hybridized carbons (Fsp3) is 0.545. The van der Waals surface area contributed by atoms with Crippen molar-refractivity contribution in [2.24, 2.45) is 11.8 Å². The lowest BCUT2D eigenvalue weighted by Crippen LogP contribution is -2.20. The van der Waals surface area contributed by atoms with Crippen molar-refractivity contribution in [3.05, 3.63) is 24.0 Å². The molecule has 0 heterocycles. The van der Waals surface area contributed by atoms with Gasteiger partial charge < -0.3 is 5.11 Å². The molecule has 1 N–H and O–H groups in total. The molecule has 1 aliphatic rings. The molecule has 0 radical (unpaired) electrons. The number of aliphatic hydroxyl groups is 1. The number of hydrogen-bond acceptors (Lipinski definition) is 2. The molecule has 0 bridgehead atoms. The SMILES string of the molecule is CC(=O)/C(O)=C\C=C/[C@@H]1CCC1C. The lowest BCUT2D eigenvalue weighted by molar-refractivity contribution is -0.115. The van der Waals surface area contributed by atoms with E-state index in [-0.39, 0.29) is 11.5 Å². The highest BCUT2D eigenvalue weighted by molar-refractivity contribution is 5.90. The molecule has 2 heteroatoms. The molecule has 1 saturated carbocycles. The van der Waals surface area contributed by atoms with Crippen LogP contribution in [-0.4, -0.2) is 10.9 Å². The maximum atomic E-state index is 10.6. The average molecular weight is 180 g/mol. The number of ketones is 1. The van der Waals surface area contributed by atoms with Gasteiger partial charge in [-0.1, -0.05) is 19.1 Å². The average Bonchev–Trinajstić information content (AvgIpc) is 2.09. The van der Waals surface area contributed by atoms with Crippen molar-refractivity contribution in [1.82, 2.24) is 0 Å². The Morgan fingerprint density at radius 1 is 1.46 bits per heavy atom. The monoisotopic (exact) mass is 180 g/mol. The van der Waals surface area contributed by atoms with E-state index in [1.54, 1.807) is 6.08 Å². The summed E-state index contributed by atoms with van der Waals surface area (Å²) in [5.41, 5.74) is 0. The van der Waals surface area contributed by atoms with Gasteiger partial charge in [-0.3, -0.25) is 4.79 Å². The van der Waals surface area contributed by atoms with Crippen molar-refractivity contribution in [3.63, 3.8) is 0 Å². The largest absolute Gasteiger partial charge is 0.504 e. The zero-order valence-corrected chi connectivity index (χ0v) is 8.16. The third-order valence-electron chi connectivity index (χ3n) is 2.66. The fourth-order valence-corrected chi connectivity index (χ4v) is 1.39. The lowest BCUT2D eigenvalue weighted by atomic mass is 9.75. The molecule has 0 aromatic heterocycles. The van der Waals surface area contributed by atoms with Gasteiger partial charge in [0.2, 0.25) is 0 Å². The van der Waals surface area contributed by atoms with Gasteiger partial charge in [-0.25, -0.2) is 0 Å². The number of allylic oxidation sites excluding steroid dienone is 4. The van der Waals surface area contributed by atoms with Crippen LogP contribution in [0.3, 0.4) is 0 Å². The Kier molecular flexibility index (Phi) is 3.29. The Bertz CT molecular complexity index is 251. The molecule has 1 aliphatic carbocycles. The van der Waals surface area contributed by atoms with Crippen molar-refractivity contribution in [2.45, 2.75) is 26.7 Å². The lowest BCUT2D eigenvalue weighted by Gasteiger charge is -2.30. The van der Waals surface area contributed by atoms with Crippen LogP contribution in [0.5, 0.6) is 0 Å². The van der Waals surface area contributed by atoms with E-state index in [9.17, 15) is 4.79 Å². The van der Waals surface area contributed by atoms with Crippen LogP contribution in [-0.2, 0) is 4.79 Å². The quantitative estimate of drug-likeness (QED) is 0.412. The first-order chi connectivity index (χ1) is 6.11. The van der Waals surface area contributed by atoms with Crippen molar-refractivity contribution in [2.75, 3.05) is 0 Å². The molecule has 72 valence electrons. The van der Waals surface area contributed by atoms with Gasteiger partial charge in [-0.2, -0.15) is 0 Å². The van der Waals surface area contributed by atoms with E-state index in [0.717, 1.165) is 5.92 Å². The predicted molar refractivity (Wildman–Crippen MR) is 52.4 cm³/mol. The highest BCUT2D eigenvalue weighted by Crippen LogP contribution is 2.34.